The summed E-state index contributed by atoms with van der Waals surface area (Å²) in [5.41, 5.74) is 1.65. The topological polar surface area (TPSA) is 152 Å². The van der Waals surface area contributed by atoms with Gasteiger partial charge in [-0.3, -0.25) is 19.4 Å². The number of ketones is 1. The van der Waals surface area contributed by atoms with E-state index in [4.69, 9.17) is 4.42 Å². The number of hydrogen-bond donors (Lipinski definition) is 2. The molecule has 12 heteroatoms. The van der Waals surface area contributed by atoms with E-state index in [-0.39, 0.29) is 29.7 Å². The molecule has 1 saturated heterocycles. The number of pyridine rings is 2. The number of nitrogens with one attached hydrogen (secondary N) is 2. The van der Waals surface area contributed by atoms with E-state index in [1.165, 1.54) is 12.3 Å². The summed E-state index contributed by atoms with van der Waals surface area (Å²) in [6.07, 6.45) is 9.32. The molecule has 224 valence electrons. The van der Waals surface area contributed by atoms with E-state index in [0.717, 1.165) is 36.4 Å². The molecule has 5 rings (SSSR count). The standard InChI is InChI=1S/C30H37N5O6S/c1-19-13-14-22(24(36)18-35(19)42(39,40)26-12-6-7-15-31-26)33-29(37)23(17-21-9-4-3-5-10-21)34-30(38)28-20(2)27-25(41-28)11-8-16-32-27/h6-8,11-12,15-16,19,21-23H,3-5,9-10,13-14,17-18H2,1-2H3,(H,33,37)(H,34,38). The fourth-order valence-corrected chi connectivity index (χ4v) is 7.54. The molecule has 1 saturated carbocycles. The van der Waals surface area contributed by atoms with Gasteiger partial charge in [-0.1, -0.05) is 38.2 Å². The van der Waals surface area contributed by atoms with Gasteiger partial charge in [0.2, 0.25) is 5.91 Å². The second-order valence-electron chi connectivity index (χ2n) is 11.3. The van der Waals surface area contributed by atoms with E-state index >= 15 is 0 Å². The molecule has 0 aromatic carbocycles. The SMILES string of the molecule is Cc1c(C(=O)NC(CC2CCCCC2)C(=O)NC2CCC(C)N(S(=O)(=O)c3ccccn3)CC2=O)oc2cccnc12. The molecule has 2 N–H and O–H groups in total. The number of carbonyl (C=O) groups is 3. The zero-order chi connectivity index (χ0) is 29.9. The Balaban J connectivity index is 1.32. The number of Topliss-reactive ketones (excluding diaryl/α,β-unsaturated/α-hetero) is 1. The van der Waals surface area contributed by atoms with Crippen LogP contribution in [0, 0.1) is 12.8 Å². The van der Waals surface area contributed by atoms with Crippen LogP contribution >= 0.6 is 0 Å². The number of sulfonamides is 1. The first-order valence-electron chi connectivity index (χ1n) is 14.6. The summed E-state index contributed by atoms with van der Waals surface area (Å²) in [4.78, 5) is 48.7. The van der Waals surface area contributed by atoms with Crippen molar-refractivity contribution < 1.29 is 27.2 Å². The second kappa shape index (κ2) is 12.7. The fourth-order valence-electron chi connectivity index (χ4n) is 5.98. The van der Waals surface area contributed by atoms with Gasteiger partial charge in [-0.15, -0.1) is 0 Å². The Morgan fingerprint density at radius 2 is 1.81 bits per heavy atom. The Morgan fingerprint density at radius 1 is 1.05 bits per heavy atom. The van der Waals surface area contributed by atoms with Crippen molar-refractivity contribution >= 4 is 38.7 Å². The first-order chi connectivity index (χ1) is 20.1. The van der Waals surface area contributed by atoms with Crippen LogP contribution in [0.25, 0.3) is 11.1 Å². The summed E-state index contributed by atoms with van der Waals surface area (Å²) in [7, 11) is -4.00. The largest absolute Gasteiger partial charge is 0.449 e. The van der Waals surface area contributed by atoms with Crippen molar-refractivity contribution in [3.8, 4) is 0 Å². The third kappa shape index (κ3) is 6.39. The predicted molar refractivity (Wildman–Crippen MR) is 155 cm³/mol. The van der Waals surface area contributed by atoms with Gasteiger partial charge in [-0.25, -0.2) is 13.4 Å². The van der Waals surface area contributed by atoms with E-state index < -0.39 is 45.7 Å². The molecule has 0 spiro atoms. The van der Waals surface area contributed by atoms with E-state index in [2.05, 4.69) is 20.6 Å². The molecule has 11 nitrogen and oxygen atoms in total. The molecule has 1 aliphatic carbocycles. The molecule has 3 aromatic heterocycles. The van der Waals surface area contributed by atoms with E-state index in [1.54, 1.807) is 44.3 Å². The molecule has 0 bridgehead atoms. The summed E-state index contributed by atoms with van der Waals surface area (Å²) >= 11 is 0. The Morgan fingerprint density at radius 3 is 2.52 bits per heavy atom. The average molecular weight is 596 g/mol. The molecule has 42 heavy (non-hydrogen) atoms. The van der Waals surface area contributed by atoms with Gasteiger partial charge >= 0.3 is 0 Å². The number of aryl methyl sites for hydroxylation is 1. The van der Waals surface area contributed by atoms with Gasteiger partial charge in [0.05, 0.1) is 12.6 Å². The van der Waals surface area contributed by atoms with Crippen molar-refractivity contribution in [1.29, 1.82) is 0 Å². The van der Waals surface area contributed by atoms with Crippen LogP contribution in [-0.4, -0.2) is 65.0 Å². The van der Waals surface area contributed by atoms with Crippen molar-refractivity contribution in [3.63, 3.8) is 0 Å². The highest BCUT2D eigenvalue weighted by atomic mass is 32.2. The lowest BCUT2D eigenvalue weighted by atomic mass is 9.84. The number of furan rings is 1. The first-order valence-corrected chi connectivity index (χ1v) is 16.0. The maximum Gasteiger partial charge on any atom is 0.288 e. The number of aromatic nitrogens is 2. The van der Waals surface area contributed by atoms with Crippen LogP contribution < -0.4 is 10.6 Å². The number of fused-ring (bicyclic) bond motifs is 1. The Labute approximate surface area is 245 Å². The van der Waals surface area contributed by atoms with Crippen molar-refractivity contribution in [2.24, 2.45) is 5.92 Å². The van der Waals surface area contributed by atoms with Crippen molar-refractivity contribution in [3.05, 3.63) is 54.0 Å². The molecule has 1 aliphatic heterocycles. The monoisotopic (exact) mass is 595 g/mol. The molecule has 3 unspecified atom stereocenters. The summed E-state index contributed by atoms with van der Waals surface area (Å²) in [5, 5.41) is 5.59. The molecule has 2 aliphatic rings. The van der Waals surface area contributed by atoms with Gasteiger partial charge in [0, 0.05) is 24.0 Å². The number of amides is 2. The lowest BCUT2D eigenvalue weighted by Gasteiger charge is -2.27. The number of carbonyl (C=O) groups excluding carboxylic acids is 3. The number of hydrogen-bond acceptors (Lipinski definition) is 8. The minimum Gasteiger partial charge on any atom is -0.449 e. The average Bonchev–Trinajstić information content (AvgIpc) is 3.26. The van der Waals surface area contributed by atoms with Gasteiger partial charge in [0.15, 0.2) is 22.2 Å². The summed E-state index contributed by atoms with van der Waals surface area (Å²) in [5.74, 6) is -1.03. The molecular formula is C30H37N5O6S. The summed E-state index contributed by atoms with van der Waals surface area (Å²) in [6.45, 7) is 3.12. The minimum atomic E-state index is -4.00. The lowest BCUT2D eigenvalue weighted by Crippen LogP contribution is -2.53. The first kappa shape index (κ1) is 29.8. The highest BCUT2D eigenvalue weighted by molar-refractivity contribution is 7.89. The Bertz CT molecular complexity index is 1550. The van der Waals surface area contributed by atoms with E-state index in [0.29, 0.717) is 29.5 Å². The minimum absolute atomic E-state index is 0.0971. The van der Waals surface area contributed by atoms with Gasteiger partial charge in [-0.05, 0) is 63.3 Å². The third-order valence-corrected chi connectivity index (χ3v) is 10.3. The third-order valence-electron chi connectivity index (χ3n) is 8.39. The van der Waals surface area contributed by atoms with Gasteiger partial charge in [0.25, 0.3) is 15.9 Å². The van der Waals surface area contributed by atoms with Crippen LogP contribution in [0.15, 0.2) is 52.2 Å². The van der Waals surface area contributed by atoms with E-state index in [1.807, 2.05) is 0 Å². The molecule has 4 heterocycles. The summed E-state index contributed by atoms with van der Waals surface area (Å²) in [6, 6.07) is 5.82. The van der Waals surface area contributed by atoms with Crippen LogP contribution in [0.4, 0.5) is 0 Å². The lowest BCUT2D eigenvalue weighted by molar-refractivity contribution is -0.129. The maximum atomic E-state index is 13.7. The van der Waals surface area contributed by atoms with Crippen molar-refractivity contribution in [2.45, 2.75) is 88.4 Å². The maximum absolute atomic E-state index is 13.7. The molecule has 0 radical (unpaired) electrons. The van der Waals surface area contributed by atoms with Crippen LogP contribution in [0.5, 0.6) is 0 Å². The zero-order valence-electron chi connectivity index (χ0n) is 23.9. The van der Waals surface area contributed by atoms with Crippen LogP contribution in [0.1, 0.15) is 74.4 Å². The summed E-state index contributed by atoms with van der Waals surface area (Å²) < 4.78 is 33.5. The fraction of sp³-hybridized carbons (Fsp3) is 0.500. The van der Waals surface area contributed by atoms with Crippen LogP contribution in [0.3, 0.4) is 0 Å². The second-order valence-corrected chi connectivity index (χ2v) is 13.2. The Hall–Kier alpha value is -3.64. The highest BCUT2D eigenvalue weighted by Crippen LogP contribution is 2.29. The highest BCUT2D eigenvalue weighted by Gasteiger charge is 2.38. The quantitative estimate of drug-likeness (QED) is 0.401. The van der Waals surface area contributed by atoms with Crippen LogP contribution in [0.2, 0.25) is 0 Å². The van der Waals surface area contributed by atoms with Crippen molar-refractivity contribution in [2.75, 3.05) is 6.54 Å². The van der Waals surface area contributed by atoms with Gasteiger partial charge in [0.1, 0.15) is 11.6 Å². The van der Waals surface area contributed by atoms with Crippen molar-refractivity contribution in [1.82, 2.24) is 24.9 Å². The van der Waals surface area contributed by atoms with Gasteiger partial charge < -0.3 is 15.1 Å². The Kier molecular flexibility index (Phi) is 9.02. The molecule has 2 amide bonds. The zero-order valence-corrected chi connectivity index (χ0v) is 24.7. The molecule has 2 fully saturated rings. The molecular weight excluding hydrogens is 558 g/mol. The number of rotatable bonds is 8. The normalized spacial score (nSPS) is 21.5. The van der Waals surface area contributed by atoms with Crippen LogP contribution in [-0.2, 0) is 19.6 Å². The van der Waals surface area contributed by atoms with Gasteiger partial charge in [-0.2, -0.15) is 4.31 Å². The predicted octanol–water partition coefficient (Wildman–Crippen LogP) is 3.53. The molecule has 3 atom stereocenters. The smallest absolute Gasteiger partial charge is 0.288 e. The van der Waals surface area contributed by atoms with E-state index in [9.17, 15) is 22.8 Å². The molecule has 3 aromatic rings. The number of nitrogens with zero attached hydrogens (tertiary/aromatic N) is 3.